The molecule has 1 aliphatic carbocycles. The molecule has 1 heterocycles. The van der Waals surface area contributed by atoms with E-state index in [4.69, 9.17) is 18.9 Å². The molecule has 128 valence electrons. The molecule has 1 fully saturated rings. The molecule has 1 aromatic carbocycles. The molecule has 0 spiro atoms. The van der Waals surface area contributed by atoms with Gasteiger partial charge in [-0.2, -0.15) is 0 Å². The van der Waals surface area contributed by atoms with Crippen molar-refractivity contribution in [1.82, 2.24) is 9.97 Å². The van der Waals surface area contributed by atoms with Crippen molar-refractivity contribution in [3.63, 3.8) is 0 Å². The van der Waals surface area contributed by atoms with Gasteiger partial charge in [-0.25, -0.2) is 9.97 Å². The molecule has 0 N–H and O–H groups in total. The predicted molar refractivity (Wildman–Crippen MR) is 86.5 cm³/mol. The maximum Gasteiger partial charge on any atom is 0.293 e. The summed E-state index contributed by atoms with van der Waals surface area (Å²) in [4.78, 5) is 19.3. The Hall–Kier alpha value is -2.57. The van der Waals surface area contributed by atoms with Gasteiger partial charge in [0.05, 0.1) is 31.4 Å². The van der Waals surface area contributed by atoms with Gasteiger partial charge < -0.3 is 18.9 Å². The van der Waals surface area contributed by atoms with E-state index in [1.165, 1.54) is 0 Å². The third-order valence-electron chi connectivity index (χ3n) is 4.18. The van der Waals surface area contributed by atoms with E-state index in [0.29, 0.717) is 34.9 Å². The lowest BCUT2D eigenvalue weighted by molar-refractivity contribution is -0.135. The monoisotopic (exact) mass is 332 g/mol. The topological polar surface area (TPSA) is 79.8 Å². The molecule has 7 nitrogen and oxygen atoms in total. The van der Waals surface area contributed by atoms with Crippen molar-refractivity contribution in [3.8, 4) is 17.4 Å². The largest absolute Gasteiger partial charge is 0.493 e. The number of methoxy groups -OCH3 is 2. The Labute approximate surface area is 139 Å². The first-order valence-corrected chi connectivity index (χ1v) is 7.88. The highest BCUT2D eigenvalue weighted by molar-refractivity contribution is 5.79. The Bertz CT molecular complexity index is 713. The summed E-state index contributed by atoms with van der Waals surface area (Å²) < 4.78 is 21.5. The zero-order chi connectivity index (χ0) is 16.9. The van der Waals surface area contributed by atoms with Crippen LogP contribution in [-0.4, -0.2) is 42.9 Å². The van der Waals surface area contributed by atoms with E-state index >= 15 is 0 Å². The average molecular weight is 332 g/mol. The van der Waals surface area contributed by atoms with E-state index < -0.39 is 0 Å². The van der Waals surface area contributed by atoms with E-state index in [9.17, 15) is 4.79 Å². The summed E-state index contributed by atoms with van der Waals surface area (Å²) in [6.45, 7) is 0.516. The van der Waals surface area contributed by atoms with E-state index in [1.807, 2.05) is 0 Å². The maximum atomic E-state index is 10.4. The maximum absolute atomic E-state index is 10.4. The zero-order valence-electron chi connectivity index (χ0n) is 13.7. The Morgan fingerprint density at radius 2 is 1.62 bits per heavy atom. The van der Waals surface area contributed by atoms with Crippen LogP contribution in [0.2, 0.25) is 0 Å². The second-order valence-electron chi connectivity index (χ2n) is 5.65. The summed E-state index contributed by atoms with van der Waals surface area (Å²) in [5.41, 5.74) is 1.39. The molecule has 0 unspecified atom stereocenters. The fraction of sp³-hybridized carbons (Fsp3) is 0.471. The van der Waals surface area contributed by atoms with Gasteiger partial charge in [-0.05, 0) is 25.7 Å². The molecule has 0 bridgehead atoms. The zero-order valence-corrected chi connectivity index (χ0v) is 13.7. The van der Waals surface area contributed by atoms with Gasteiger partial charge in [-0.1, -0.05) is 0 Å². The fourth-order valence-corrected chi connectivity index (χ4v) is 2.92. The number of ether oxygens (including phenoxy) is 4. The van der Waals surface area contributed by atoms with Gasteiger partial charge in [-0.15, -0.1) is 0 Å². The summed E-state index contributed by atoms with van der Waals surface area (Å²) in [5, 5.41) is 0. The van der Waals surface area contributed by atoms with Gasteiger partial charge in [0, 0.05) is 12.1 Å². The van der Waals surface area contributed by atoms with Gasteiger partial charge >= 0.3 is 0 Å². The highest BCUT2D eigenvalue weighted by Crippen LogP contribution is 2.31. The number of rotatable bonds is 6. The lowest BCUT2D eigenvalue weighted by Gasteiger charge is -2.27. The predicted octanol–water partition coefficient (Wildman–Crippen LogP) is 2.51. The second-order valence-corrected chi connectivity index (χ2v) is 5.65. The molecule has 7 heteroatoms. The van der Waals surface area contributed by atoms with Crippen LogP contribution < -0.4 is 14.2 Å². The summed E-state index contributed by atoms with van der Waals surface area (Å²) in [6, 6.07) is 3.57. The van der Waals surface area contributed by atoms with Crippen molar-refractivity contribution in [1.29, 1.82) is 0 Å². The van der Waals surface area contributed by atoms with Crippen LogP contribution in [0.1, 0.15) is 25.7 Å². The van der Waals surface area contributed by atoms with Crippen LogP contribution in [0.25, 0.3) is 11.0 Å². The summed E-state index contributed by atoms with van der Waals surface area (Å²) in [5.74, 6) is 1.69. The highest BCUT2D eigenvalue weighted by Gasteiger charge is 2.23. The first-order valence-electron chi connectivity index (χ1n) is 7.88. The average Bonchev–Trinajstić information content (AvgIpc) is 2.62. The molecule has 0 amide bonds. The van der Waals surface area contributed by atoms with Gasteiger partial charge in [-0.3, -0.25) is 4.79 Å². The number of hydrogen-bond acceptors (Lipinski definition) is 7. The van der Waals surface area contributed by atoms with Crippen molar-refractivity contribution >= 4 is 17.5 Å². The van der Waals surface area contributed by atoms with Crippen LogP contribution in [0.15, 0.2) is 18.3 Å². The minimum Gasteiger partial charge on any atom is -0.493 e. The molecule has 1 aliphatic rings. The van der Waals surface area contributed by atoms with Crippen LogP contribution >= 0.6 is 0 Å². The molecular formula is C17H20N2O5. The minimum atomic E-state index is 0.00163. The smallest absolute Gasteiger partial charge is 0.293 e. The van der Waals surface area contributed by atoms with Crippen LogP contribution in [0.3, 0.4) is 0 Å². The molecule has 3 rings (SSSR count). The molecule has 0 aliphatic heterocycles. The molecule has 1 saturated carbocycles. The van der Waals surface area contributed by atoms with Gasteiger partial charge in [0.25, 0.3) is 6.47 Å². The van der Waals surface area contributed by atoms with E-state index in [-0.39, 0.29) is 12.2 Å². The number of carbonyl (C=O) groups is 1. The van der Waals surface area contributed by atoms with E-state index in [2.05, 4.69) is 9.97 Å². The standard InChI is InChI=1S/C17H20N2O5/c1-21-15-7-13-14(8-16(15)22-2)19-17(9-18-13)24-12-5-3-11(4-6-12)23-10-20/h7-12H,3-6H2,1-2H3. The number of nitrogens with zero attached hydrogens (tertiary/aromatic N) is 2. The first-order chi connectivity index (χ1) is 11.7. The van der Waals surface area contributed by atoms with Crippen molar-refractivity contribution in [3.05, 3.63) is 18.3 Å². The summed E-state index contributed by atoms with van der Waals surface area (Å²) in [6.07, 6.45) is 4.92. The van der Waals surface area contributed by atoms with Gasteiger partial charge in [0.15, 0.2) is 11.5 Å². The van der Waals surface area contributed by atoms with Crippen LogP contribution in [-0.2, 0) is 9.53 Å². The number of hydrogen-bond donors (Lipinski definition) is 0. The Balaban J connectivity index is 1.73. The molecule has 24 heavy (non-hydrogen) atoms. The number of aromatic nitrogens is 2. The number of carbonyl (C=O) groups excluding carboxylic acids is 1. The van der Waals surface area contributed by atoms with E-state index in [1.54, 1.807) is 32.5 Å². The highest BCUT2D eigenvalue weighted by atomic mass is 16.5. The normalized spacial score (nSPS) is 20.4. The number of fused-ring (bicyclic) bond motifs is 1. The Morgan fingerprint density at radius 3 is 2.25 bits per heavy atom. The molecule has 0 atom stereocenters. The molecule has 1 aromatic heterocycles. The Kier molecular flexibility index (Phi) is 4.98. The van der Waals surface area contributed by atoms with Crippen molar-refractivity contribution in [2.45, 2.75) is 37.9 Å². The quantitative estimate of drug-likeness (QED) is 0.752. The molecule has 0 saturated heterocycles. The van der Waals surface area contributed by atoms with Crippen LogP contribution in [0.4, 0.5) is 0 Å². The van der Waals surface area contributed by atoms with Crippen LogP contribution in [0, 0.1) is 0 Å². The Morgan fingerprint density at radius 1 is 1.00 bits per heavy atom. The molecular weight excluding hydrogens is 312 g/mol. The number of benzene rings is 1. The summed E-state index contributed by atoms with van der Waals surface area (Å²) in [7, 11) is 3.16. The lowest BCUT2D eigenvalue weighted by atomic mass is 9.95. The third kappa shape index (κ3) is 3.50. The van der Waals surface area contributed by atoms with E-state index in [0.717, 1.165) is 25.7 Å². The van der Waals surface area contributed by atoms with Crippen molar-refractivity contribution < 1.29 is 23.7 Å². The van der Waals surface area contributed by atoms with Crippen LogP contribution in [0.5, 0.6) is 17.4 Å². The SMILES string of the molecule is COc1cc2ncc(OC3CCC(OC=O)CC3)nc2cc1OC. The third-order valence-corrected chi connectivity index (χ3v) is 4.18. The first kappa shape index (κ1) is 16.3. The second kappa shape index (κ2) is 7.33. The fourth-order valence-electron chi connectivity index (χ4n) is 2.92. The van der Waals surface area contributed by atoms with Gasteiger partial charge in [0.2, 0.25) is 5.88 Å². The van der Waals surface area contributed by atoms with Gasteiger partial charge in [0.1, 0.15) is 12.2 Å². The lowest BCUT2D eigenvalue weighted by Crippen LogP contribution is -2.28. The van der Waals surface area contributed by atoms with Crippen molar-refractivity contribution in [2.75, 3.05) is 14.2 Å². The molecule has 2 aromatic rings. The summed E-state index contributed by atoms with van der Waals surface area (Å²) >= 11 is 0. The van der Waals surface area contributed by atoms with Crippen molar-refractivity contribution in [2.24, 2.45) is 0 Å². The minimum absolute atomic E-state index is 0.00163. The molecule has 0 radical (unpaired) electrons.